The van der Waals surface area contributed by atoms with Gasteiger partial charge in [-0.3, -0.25) is 9.59 Å². The molecule has 0 bridgehead atoms. The number of carbonyl (C=O) groups excluding carboxylic acids is 2. The molecule has 1 atom stereocenters. The fourth-order valence-corrected chi connectivity index (χ4v) is 1.69. The largest absolute Gasteiger partial charge is 0.345 e. The summed E-state index contributed by atoms with van der Waals surface area (Å²) in [5.41, 5.74) is 0.612. The van der Waals surface area contributed by atoms with Gasteiger partial charge in [-0.1, -0.05) is 0 Å². The highest BCUT2D eigenvalue weighted by Crippen LogP contribution is 2.15. The van der Waals surface area contributed by atoms with Gasteiger partial charge in [0.15, 0.2) is 0 Å². The quantitative estimate of drug-likeness (QED) is 0.886. The molecule has 0 saturated carbocycles. The molecule has 0 spiro atoms. The number of anilines is 1. The van der Waals surface area contributed by atoms with E-state index in [0.29, 0.717) is 12.2 Å². The number of hydrogen-bond acceptors (Lipinski definition) is 2. The van der Waals surface area contributed by atoms with Gasteiger partial charge in [-0.15, -0.1) is 0 Å². The van der Waals surface area contributed by atoms with Crippen molar-refractivity contribution in [2.24, 2.45) is 0 Å². The number of benzene rings is 1. The first kappa shape index (κ1) is 14.2. The molecule has 1 N–H and O–H groups in total. The van der Waals surface area contributed by atoms with Crippen LogP contribution in [0.25, 0.3) is 0 Å². The molecule has 0 radical (unpaired) electrons. The van der Waals surface area contributed by atoms with Crippen LogP contribution >= 0.6 is 0 Å². The van der Waals surface area contributed by atoms with Crippen molar-refractivity contribution in [3.05, 3.63) is 30.1 Å². The Hall–Kier alpha value is -1.91. The first-order valence-corrected chi connectivity index (χ1v) is 5.79. The van der Waals surface area contributed by atoms with Crippen molar-refractivity contribution >= 4 is 17.5 Å². The van der Waals surface area contributed by atoms with Crippen molar-refractivity contribution in [2.75, 3.05) is 11.4 Å². The molecule has 1 rings (SSSR count). The first-order chi connectivity index (χ1) is 8.45. The second-order valence-corrected chi connectivity index (χ2v) is 3.98. The Balaban J connectivity index is 2.86. The van der Waals surface area contributed by atoms with Crippen LogP contribution in [0.3, 0.4) is 0 Å². The van der Waals surface area contributed by atoms with Gasteiger partial charge in [0.25, 0.3) is 0 Å². The molecule has 0 aromatic heterocycles. The minimum absolute atomic E-state index is 0.223. The number of amides is 2. The highest BCUT2D eigenvalue weighted by atomic mass is 19.1. The summed E-state index contributed by atoms with van der Waals surface area (Å²) in [6.07, 6.45) is 0. The maximum Gasteiger partial charge on any atom is 0.249 e. The SMILES string of the molecule is CCN(C(=O)C(C)NC(C)=O)c1ccc(F)cc1. The molecular formula is C13H17FN2O2. The minimum Gasteiger partial charge on any atom is -0.345 e. The molecule has 1 aromatic rings. The van der Waals surface area contributed by atoms with E-state index in [0.717, 1.165) is 0 Å². The number of nitrogens with one attached hydrogen (secondary N) is 1. The summed E-state index contributed by atoms with van der Waals surface area (Å²) in [7, 11) is 0. The average Bonchev–Trinajstić information content (AvgIpc) is 2.31. The Morgan fingerprint density at radius 2 is 1.89 bits per heavy atom. The highest BCUT2D eigenvalue weighted by molar-refractivity contribution is 5.98. The van der Waals surface area contributed by atoms with Crippen LogP contribution in [0.1, 0.15) is 20.8 Å². The van der Waals surface area contributed by atoms with Crippen molar-refractivity contribution in [3.8, 4) is 0 Å². The zero-order valence-electron chi connectivity index (χ0n) is 10.7. The molecule has 0 aliphatic carbocycles. The predicted molar refractivity (Wildman–Crippen MR) is 67.7 cm³/mol. The van der Waals surface area contributed by atoms with Crippen LogP contribution in [0.2, 0.25) is 0 Å². The van der Waals surface area contributed by atoms with Crippen molar-refractivity contribution in [3.63, 3.8) is 0 Å². The molecule has 0 aliphatic rings. The molecule has 0 saturated heterocycles. The number of carbonyl (C=O) groups is 2. The zero-order chi connectivity index (χ0) is 13.7. The summed E-state index contributed by atoms with van der Waals surface area (Å²) in [5, 5.41) is 2.53. The van der Waals surface area contributed by atoms with Gasteiger partial charge in [0.2, 0.25) is 11.8 Å². The van der Waals surface area contributed by atoms with E-state index < -0.39 is 6.04 Å². The molecule has 98 valence electrons. The van der Waals surface area contributed by atoms with Gasteiger partial charge in [0.1, 0.15) is 11.9 Å². The summed E-state index contributed by atoms with van der Waals surface area (Å²) in [6, 6.07) is 5.07. The van der Waals surface area contributed by atoms with E-state index in [4.69, 9.17) is 0 Å². The molecule has 5 heteroatoms. The third kappa shape index (κ3) is 3.55. The lowest BCUT2D eigenvalue weighted by atomic mass is 10.2. The molecule has 18 heavy (non-hydrogen) atoms. The van der Waals surface area contributed by atoms with Crippen molar-refractivity contribution in [2.45, 2.75) is 26.8 Å². The van der Waals surface area contributed by atoms with Crippen LogP contribution in [0.5, 0.6) is 0 Å². The molecule has 1 unspecified atom stereocenters. The number of hydrogen-bond donors (Lipinski definition) is 1. The standard InChI is InChI=1S/C13H17FN2O2/c1-4-16(12-7-5-11(14)6-8-12)13(18)9(2)15-10(3)17/h5-9H,4H2,1-3H3,(H,15,17). The fraction of sp³-hybridized carbons (Fsp3) is 0.385. The number of halogens is 1. The Morgan fingerprint density at radius 1 is 1.33 bits per heavy atom. The van der Waals surface area contributed by atoms with Gasteiger partial charge in [0.05, 0.1) is 0 Å². The van der Waals surface area contributed by atoms with Gasteiger partial charge < -0.3 is 10.2 Å². The van der Waals surface area contributed by atoms with Crippen molar-refractivity contribution in [1.82, 2.24) is 5.32 Å². The topological polar surface area (TPSA) is 49.4 Å². The van der Waals surface area contributed by atoms with E-state index in [1.165, 1.54) is 36.1 Å². The average molecular weight is 252 g/mol. The van der Waals surface area contributed by atoms with Gasteiger partial charge in [-0.25, -0.2) is 4.39 Å². The zero-order valence-corrected chi connectivity index (χ0v) is 10.7. The van der Waals surface area contributed by atoms with Gasteiger partial charge in [-0.05, 0) is 38.1 Å². The van der Waals surface area contributed by atoms with Crippen molar-refractivity contribution in [1.29, 1.82) is 0 Å². The lowest BCUT2D eigenvalue weighted by molar-refractivity contribution is -0.126. The minimum atomic E-state index is -0.604. The summed E-state index contributed by atoms with van der Waals surface area (Å²) in [4.78, 5) is 24.5. The van der Waals surface area contributed by atoms with E-state index in [2.05, 4.69) is 5.32 Å². The molecule has 0 aliphatic heterocycles. The van der Waals surface area contributed by atoms with Gasteiger partial charge >= 0.3 is 0 Å². The maximum absolute atomic E-state index is 12.8. The van der Waals surface area contributed by atoms with Crippen molar-refractivity contribution < 1.29 is 14.0 Å². The smallest absolute Gasteiger partial charge is 0.249 e. The van der Waals surface area contributed by atoms with E-state index >= 15 is 0 Å². The maximum atomic E-state index is 12.8. The van der Waals surface area contributed by atoms with E-state index in [1.807, 2.05) is 6.92 Å². The van der Waals surface area contributed by atoms with Crippen LogP contribution < -0.4 is 10.2 Å². The normalized spacial score (nSPS) is 11.8. The second-order valence-electron chi connectivity index (χ2n) is 3.98. The van der Waals surface area contributed by atoms with Crippen LogP contribution in [0, 0.1) is 5.82 Å². The highest BCUT2D eigenvalue weighted by Gasteiger charge is 2.21. The molecule has 2 amide bonds. The Bertz CT molecular complexity index is 431. The Labute approximate surface area is 106 Å². The number of rotatable bonds is 4. The first-order valence-electron chi connectivity index (χ1n) is 5.79. The fourth-order valence-electron chi connectivity index (χ4n) is 1.69. The number of nitrogens with zero attached hydrogens (tertiary/aromatic N) is 1. The molecule has 1 aromatic carbocycles. The molecule has 4 nitrogen and oxygen atoms in total. The third-order valence-corrected chi connectivity index (χ3v) is 2.51. The van der Waals surface area contributed by atoms with E-state index in [1.54, 1.807) is 6.92 Å². The Morgan fingerprint density at radius 3 is 2.33 bits per heavy atom. The Kier molecular flexibility index (Phi) is 4.83. The van der Waals surface area contributed by atoms with Crippen LogP contribution in [-0.4, -0.2) is 24.4 Å². The van der Waals surface area contributed by atoms with Gasteiger partial charge in [0, 0.05) is 19.2 Å². The summed E-state index contributed by atoms with van der Waals surface area (Å²) in [5.74, 6) is -0.831. The third-order valence-electron chi connectivity index (χ3n) is 2.51. The summed E-state index contributed by atoms with van der Waals surface area (Å²) < 4.78 is 12.8. The number of likely N-dealkylation sites (N-methyl/N-ethyl adjacent to an activating group) is 1. The lowest BCUT2D eigenvalue weighted by Crippen LogP contribution is -2.46. The molecular weight excluding hydrogens is 235 g/mol. The van der Waals surface area contributed by atoms with Gasteiger partial charge in [-0.2, -0.15) is 0 Å². The lowest BCUT2D eigenvalue weighted by Gasteiger charge is -2.24. The van der Waals surface area contributed by atoms with Crippen LogP contribution in [0.4, 0.5) is 10.1 Å². The van der Waals surface area contributed by atoms with E-state index in [-0.39, 0.29) is 17.6 Å². The van der Waals surface area contributed by atoms with E-state index in [9.17, 15) is 14.0 Å². The molecule has 0 heterocycles. The summed E-state index contributed by atoms with van der Waals surface area (Å²) >= 11 is 0. The predicted octanol–water partition coefficient (Wildman–Crippen LogP) is 1.70. The monoisotopic (exact) mass is 252 g/mol. The molecule has 0 fully saturated rings. The second kappa shape index (κ2) is 6.14. The van der Waals surface area contributed by atoms with Crippen LogP contribution in [-0.2, 0) is 9.59 Å². The van der Waals surface area contributed by atoms with Crippen LogP contribution in [0.15, 0.2) is 24.3 Å². The summed E-state index contributed by atoms with van der Waals surface area (Å²) in [6.45, 7) is 5.25.